The van der Waals surface area contributed by atoms with Gasteiger partial charge in [0.1, 0.15) is 0 Å². The predicted octanol–water partition coefficient (Wildman–Crippen LogP) is 7.35. The van der Waals surface area contributed by atoms with Gasteiger partial charge in [0.05, 0.1) is 0 Å². The average Bonchev–Trinajstić information content (AvgIpc) is 3.07. The second-order valence-electron chi connectivity index (χ2n) is 11.5. The molecule has 0 heterocycles. The lowest BCUT2D eigenvalue weighted by atomic mass is 10.1. The zero-order chi connectivity index (χ0) is 32.4. The normalized spacial score (nSPS) is 12.9. The van der Waals surface area contributed by atoms with Crippen molar-refractivity contribution in [3.05, 3.63) is 144 Å². The number of benzene rings is 4. The summed E-state index contributed by atoms with van der Waals surface area (Å²) >= 11 is 0. The number of hydrogen-bond acceptors (Lipinski definition) is 4. The van der Waals surface area contributed by atoms with Gasteiger partial charge in [-0.1, -0.05) is 121 Å². The highest BCUT2D eigenvalue weighted by atomic mass is 14.9. The molecule has 0 aliphatic rings. The Bertz CT molecular complexity index is 963. The summed E-state index contributed by atoms with van der Waals surface area (Å²) < 4.78 is 0. The molecule has 4 heteroatoms. The first kappa shape index (κ1) is 38.7. The van der Waals surface area contributed by atoms with Crippen LogP contribution in [0.3, 0.4) is 0 Å². The molecule has 4 nitrogen and oxygen atoms in total. The van der Waals surface area contributed by atoms with Crippen LogP contribution in [-0.2, 0) is 25.7 Å². The van der Waals surface area contributed by atoms with Gasteiger partial charge in [-0.2, -0.15) is 0 Å². The van der Waals surface area contributed by atoms with Crippen molar-refractivity contribution in [2.24, 2.45) is 0 Å². The third kappa shape index (κ3) is 19.8. The van der Waals surface area contributed by atoms with E-state index in [1.807, 2.05) is 52.5 Å². The predicted molar refractivity (Wildman–Crippen MR) is 195 cm³/mol. The Morgan fingerprint density at radius 2 is 0.477 bits per heavy atom. The fourth-order valence-corrected chi connectivity index (χ4v) is 4.28. The molecule has 0 fully saturated rings. The van der Waals surface area contributed by atoms with E-state index in [1.54, 1.807) is 0 Å². The van der Waals surface area contributed by atoms with Crippen LogP contribution < -0.4 is 21.3 Å². The van der Waals surface area contributed by atoms with Crippen LogP contribution in [-0.4, -0.2) is 52.4 Å². The van der Waals surface area contributed by atoms with Crippen molar-refractivity contribution in [2.45, 2.75) is 77.5 Å². The van der Waals surface area contributed by atoms with E-state index in [0.29, 0.717) is 24.2 Å². The minimum atomic E-state index is 0.567. The number of likely N-dealkylation sites (N-methyl/N-ethyl adjacent to an activating group) is 4. The largest absolute Gasteiger partial charge is 0.317 e. The first-order chi connectivity index (χ1) is 21.3. The monoisotopic (exact) mass is 596 g/mol. The van der Waals surface area contributed by atoms with Crippen LogP contribution in [0.4, 0.5) is 0 Å². The highest BCUT2D eigenvalue weighted by Gasteiger charge is 2.00. The van der Waals surface area contributed by atoms with E-state index in [2.05, 4.69) is 146 Å². The lowest BCUT2D eigenvalue weighted by Crippen LogP contribution is -2.23. The molecule has 0 amide bonds. The molecule has 0 aromatic heterocycles. The van der Waals surface area contributed by atoms with E-state index in [4.69, 9.17) is 0 Å². The molecule has 4 rings (SSSR count). The standard InChI is InChI=1S/4C10H15N/c4*1-9(11-2)8-10-6-4-3-5-7-10/h4*3-7,9,11H,8H2,1-2H3. The zero-order valence-electron chi connectivity index (χ0n) is 28.7. The van der Waals surface area contributed by atoms with Crippen LogP contribution in [0.25, 0.3) is 0 Å². The van der Waals surface area contributed by atoms with Crippen molar-refractivity contribution >= 4 is 0 Å². The number of rotatable bonds is 12. The Labute approximate surface area is 270 Å². The van der Waals surface area contributed by atoms with E-state index >= 15 is 0 Å². The molecule has 0 saturated heterocycles. The Kier molecular flexibility index (Phi) is 22.1. The molecule has 0 saturated carbocycles. The smallest absolute Gasteiger partial charge is 0.00761 e. The third-order valence-electron chi connectivity index (χ3n) is 7.51. The van der Waals surface area contributed by atoms with Gasteiger partial charge in [0.15, 0.2) is 0 Å². The second kappa shape index (κ2) is 25.1. The van der Waals surface area contributed by atoms with Crippen molar-refractivity contribution in [2.75, 3.05) is 28.2 Å². The Morgan fingerprint density at radius 3 is 0.614 bits per heavy atom. The van der Waals surface area contributed by atoms with Crippen LogP contribution in [0, 0.1) is 0 Å². The van der Waals surface area contributed by atoms with Crippen LogP contribution in [0.15, 0.2) is 121 Å². The molecule has 4 atom stereocenters. The maximum Gasteiger partial charge on any atom is 0.00761 e. The topological polar surface area (TPSA) is 48.1 Å². The summed E-state index contributed by atoms with van der Waals surface area (Å²) in [5.41, 5.74) is 5.59. The molecule has 0 radical (unpaired) electrons. The van der Waals surface area contributed by atoms with E-state index in [-0.39, 0.29) is 0 Å². The van der Waals surface area contributed by atoms with Gasteiger partial charge >= 0.3 is 0 Å². The first-order valence-electron chi connectivity index (χ1n) is 16.2. The van der Waals surface area contributed by atoms with Crippen molar-refractivity contribution in [1.82, 2.24) is 21.3 Å². The van der Waals surface area contributed by atoms with Gasteiger partial charge in [-0.05, 0) is 104 Å². The van der Waals surface area contributed by atoms with E-state index < -0.39 is 0 Å². The van der Waals surface area contributed by atoms with Crippen LogP contribution in [0.1, 0.15) is 49.9 Å². The first-order valence-corrected chi connectivity index (χ1v) is 16.2. The summed E-state index contributed by atoms with van der Waals surface area (Å²) in [7, 11) is 7.97. The van der Waals surface area contributed by atoms with Crippen molar-refractivity contribution in [1.29, 1.82) is 0 Å². The van der Waals surface area contributed by atoms with Gasteiger partial charge in [0, 0.05) is 24.2 Å². The van der Waals surface area contributed by atoms with Gasteiger partial charge in [-0.3, -0.25) is 0 Å². The quantitative estimate of drug-likeness (QED) is 0.138. The summed E-state index contributed by atoms with van der Waals surface area (Å²) in [4.78, 5) is 0. The van der Waals surface area contributed by atoms with E-state index in [0.717, 1.165) is 25.7 Å². The molecule has 0 bridgehead atoms. The Morgan fingerprint density at radius 1 is 0.318 bits per heavy atom. The van der Waals surface area contributed by atoms with Gasteiger partial charge in [-0.15, -0.1) is 0 Å². The lowest BCUT2D eigenvalue weighted by Gasteiger charge is -2.08. The molecule has 240 valence electrons. The summed E-state index contributed by atoms with van der Waals surface area (Å²) in [6.45, 7) is 8.75. The minimum absolute atomic E-state index is 0.567. The fraction of sp³-hybridized carbons (Fsp3) is 0.400. The average molecular weight is 597 g/mol. The molecule has 4 aromatic rings. The summed E-state index contributed by atoms with van der Waals surface area (Å²) in [5.74, 6) is 0. The van der Waals surface area contributed by atoms with Gasteiger partial charge in [0.2, 0.25) is 0 Å². The van der Waals surface area contributed by atoms with Crippen molar-refractivity contribution < 1.29 is 0 Å². The Hall–Kier alpha value is -3.28. The Balaban J connectivity index is 0.000000293. The SMILES string of the molecule is CNC(C)Cc1ccccc1.CNC(C)Cc1ccccc1.CNC(C)Cc1ccccc1.CNC(C)Cc1ccccc1. The van der Waals surface area contributed by atoms with Gasteiger partial charge in [-0.25, -0.2) is 0 Å². The second-order valence-corrected chi connectivity index (χ2v) is 11.5. The summed E-state index contributed by atoms with van der Waals surface area (Å²) in [6.07, 6.45) is 4.43. The number of nitrogens with one attached hydrogen (secondary N) is 4. The molecule has 0 aliphatic heterocycles. The van der Waals surface area contributed by atoms with E-state index in [9.17, 15) is 0 Å². The van der Waals surface area contributed by atoms with Crippen LogP contribution in [0.2, 0.25) is 0 Å². The van der Waals surface area contributed by atoms with E-state index in [1.165, 1.54) is 22.3 Å². The van der Waals surface area contributed by atoms with Crippen LogP contribution in [0.5, 0.6) is 0 Å². The molecular formula is C40H60N4. The number of hydrogen-bond donors (Lipinski definition) is 4. The summed E-state index contributed by atoms with van der Waals surface area (Å²) in [5, 5.41) is 12.9. The summed E-state index contributed by atoms with van der Waals surface area (Å²) in [6, 6.07) is 44.4. The highest BCUT2D eigenvalue weighted by molar-refractivity contribution is 5.17. The lowest BCUT2D eigenvalue weighted by molar-refractivity contribution is 0.608. The third-order valence-corrected chi connectivity index (χ3v) is 7.51. The van der Waals surface area contributed by atoms with Crippen LogP contribution >= 0.6 is 0 Å². The molecule has 4 unspecified atom stereocenters. The van der Waals surface area contributed by atoms with Crippen molar-refractivity contribution in [3.63, 3.8) is 0 Å². The molecule has 4 aromatic carbocycles. The maximum absolute atomic E-state index is 3.21. The molecular weight excluding hydrogens is 536 g/mol. The highest BCUT2D eigenvalue weighted by Crippen LogP contribution is 2.04. The molecule has 4 N–H and O–H groups in total. The zero-order valence-corrected chi connectivity index (χ0v) is 28.7. The molecule has 44 heavy (non-hydrogen) atoms. The van der Waals surface area contributed by atoms with Gasteiger partial charge in [0.25, 0.3) is 0 Å². The maximum atomic E-state index is 3.21. The van der Waals surface area contributed by atoms with Gasteiger partial charge < -0.3 is 21.3 Å². The molecule has 0 aliphatic carbocycles. The fourth-order valence-electron chi connectivity index (χ4n) is 4.28. The molecule has 0 spiro atoms. The van der Waals surface area contributed by atoms with Crippen molar-refractivity contribution in [3.8, 4) is 0 Å². The minimum Gasteiger partial charge on any atom is -0.317 e.